The van der Waals surface area contributed by atoms with Gasteiger partial charge in [-0.15, -0.1) is 0 Å². The summed E-state index contributed by atoms with van der Waals surface area (Å²) in [6.07, 6.45) is 3.16. The van der Waals surface area contributed by atoms with Gasteiger partial charge < -0.3 is 15.0 Å². The van der Waals surface area contributed by atoms with Crippen molar-refractivity contribution >= 4 is 17.1 Å². The molecule has 0 fully saturated rings. The Bertz CT molecular complexity index is 1290. The summed E-state index contributed by atoms with van der Waals surface area (Å²) in [6.45, 7) is 3.65. The first-order chi connectivity index (χ1) is 15.0. The van der Waals surface area contributed by atoms with Gasteiger partial charge in [-0.25, -0.2) is 4.52 Å². The zero-order chi connectivity index (χ0) is 22.0. The summed E-state index contributed by atoms with van der Waals surface area (Å²) in [7, 11) is 0. The lowest BCUT2D eigenvalue weighted by Gasteiger charge is -2.14. The molecule has 7 nitrogen and oxygen atoms in total. The van der Waals surface area contributed by atoms with Gasteiger partial charge in [0.15, 0.2) is 0 Å². The molecule has 0 unspecified atom stereocenters. The van der Waals surface area contributed by atoms with Crippen molar-refractivity contribution in [3.05, 3.63) is 88.5 Å². The molecule has 4 rings (SSSR count). The van der Waals surface area contributed by atoms with Crippen LogP contribution in [0.3, 0.4) is 0 Å². The molecule has 0 spiro atoms. The van der Waals surface area contributed by atoms with E-state index in [1.165, 1.54) is 15.3 Å². The average molecular weight is 416 g/mol. The zero-order valence-corrected chi connectivity index (χ0v) is 17.4. The third-order valence-corrected chi connectivity index (χ3v) is 5.24. The van der Waals surface area contributed by atoms with E-state index in [1.807, 2.05) is 54.6 Å². The number of para-hydroxylation sites is 1. The molecule has 0 aliphatic heterocycles. The maximum absolute atomic E-state index is 13.1. The van der Waals surface area contributed by atoms with Crippen LogP contribution in [0.15, 0.2) is 71.8 Å². The summed E-state index contributed by atoms with van der Waals surface area (Å²) in [6, 6.07) is 17.0. The number of aliphatic hydroxyl groups is 1. The Morgan fingerprint density at radius 1 is 1.06 bits per heavy atom. The second kappa shape index (κ2) is 8.57. The molecule has 2 aromatic heterocycles. The second-order valence-electron chi connectivity index (χ2n) is 7.67. The van der Waals surface area contributed by atoms with Crippen molar-refractivity contribution in [3.8, 4) is 11.3 Å². The van der Waals surface area contributed by atoms with Crippen LogP contribution in [-0.4, -0.2) is 25.2 Å². The highest BCUT2D eigenvalue weighted by Crippen LogP contribution is 2.25. The summed E-state index contributed by atoms with van der Waals surface area (Å²) in [5.41, 5.74) is 3.45. The Balaban J connectivity index is 1.67. The van der Waals surface area contributed by atoms with Crippen molar-refractivity contribution in [1.29, 1.82) is 0 Å². The third-order valence-electron chi connectivity index (χ3n) is 5.24. The van der Waals surface area contributed by atoms with Gasteiger partial charge >= 0.3 is 0 Å². The fraction of sp³-hybridized carbons (Fsp3) is 0.208. The number of nitrogens with one attached hydrogen (secondary N) is 1. The number of anilines is 1. The molecule has 0 saturated carbocycles. The van der Waals surface area contributed by atoms with Crippen LogP contribution >= 0.6 is 0 Å². The highest BCUT2D eigenvalue weighted by molar-refractivity contribution is 5.91. The SMILES string of the molecule is CC(C)c1ccccc1NC(=O)Cn1ccn2nc(-c3ccccc3)c(CO)c2c1=O. The molecule has 0 aliphatic rings. The Kier molecular flexibility index (Phi) is 5.68. The van der Waals surface area contributed by atoms with Gasteiger partial charge in [-0.3, -0.25) is 9.59 Å². The zero-order valence-electron chi connectivity index (χ0n) is 17.4. The molecule has 0 radical (unpaired) electrons. The molecule has 2 N–H and O–H groups in total. The van der Waals surface area contributed by atoms with E-state index >= 15 is 0 Å². The van der Waals surface area contributed by atoms with E-state index in [9.17, 15) is 14.7 Å². The van der Waals surface area contributed by atoms with Crippen molar-refractivity contribution in [1.82, 2.24) is 14.2 Å². The number of aliphatic hydroxyl groups excluding tert-OH is 1. The summed E-state index contributed by atoms with van der Waals surface area (Å²) in [4.78, 5) is 25.8. The van der Waals surface area contributed by atoms with Gasteiger partial charge in [0, 0.05) is 29.2 Å². The fourth-order valence-electron chi connectivity index (χ4n) is 3.71. The number of hydrogen-bond acceptors (Lipinski definition) is 4. The molecule has 0 bridgehead atoms. The first-order valence-electron chi connectivity index (χ1n) is 10.1. The number of benzene rings is 2. The van der Waals surface area contributed by atoms with E-state index in [2.05, 4.69) is 24.3 Å². The number of fused-ring (bicyclic) bond motifs is 1. The summed E-state index contributed by atoms with van der Waals surface area (Å²) >= 11 is 0. The number of aromatic nitrogens is 3. The monoisotopic (exact) mass is 416 g/mol. The standard InChI is InChI=1S/C24H24N4O3/c1-16(2)18-10-6-7-11-20(18)25-21(30)14-27-12-13-28-23(24(27)31)19(15-29)22(26-28)17-8-4-3-5-9-17/h3-13,16,29H,14-15H2,1-2H3,(H,25,30). The minimum atomic E-state index is -0.381. The van der Waals surface area contributed by atoms with Gasteiger partial charge in [0.1, 0.15) is 12.1 Å². The van der Waals surface area contributed by atoms with E-state index in [0.29, 0.717) is 11.3 Å². The van der Waals surface area contributed by atoms with Crippen molar-refractivity contribution < 1.29 is 9.90 Å². The van der Waals surface area contributed by atoms with Gasteiger partial charge in [0.05, 0.1) is 12.3 Å². The van der Waals surface area contributed by atoms with Crippen LogP contribution in [0.2, 0.25) is 0 Å². The molecule has 0 atom stereocenters. The van der Waals surface area contributed by atoms with Gasteiger partial charge in [0.25, 0.3) is 5.56 Å². The van der Waals surface area contributed by atoms with E-state index in [0.717, 1.165) is 16.8 Å². The lowest BCUT2D eigenvalue weighted by Crippen LogP contribution is -2.28. The van der Waals surface area contributed by atoms with Crippen molar-refractivity contribution in [2.45, 2.75) is 32.9 Å². The number of carbonyl (C=O) groups is 1. The van der Waals surface area contributed by atoms with E-state index in [1.54, 1.807) is 6.20 Å². The molecule has 31 heavy (non-hydrogen) atoms. The molecule has 1 amide bonds. The van der Waals surface area contributed by atoms with Crippen LogP contribution in [0.25, 0.3) is 16.8 Å². The van der Waals surface area contributed by atoms with Crippen LogP contribution in [0.4, 0.5) is 5.69 Å². The van der Waals surface area contributed by atoms with Gasteiger partial charge in [-0.05, 0) is 17.5 Å². The minimum Gasteiger partial charge on any atom is -0.392 e. The summed E-state index contributed by atoms with van der Waals surface area (Å²) in [5, 5.41) is 17.3. The summed E-state index contributed by atoms with van der Waals surface area (Å²) in [5.74, 6) is -0.0428. The highest BCUT2D eigenvalue weighted by Gasteiger charge is 2.18. The molecule has 2 aromatic carbocycles. The Morgan fingerprint density at radius 3 is 2.48 bits per heavy atom. The van der Waals surface area contributed by atoms with Crippen LogP contribution in [-0.2, 0) is 17.9 Å². The fourth-order valence-corrected chi connectivity index (χ4v) is 3.71. The number of amides is 1. The highest BCUT2D eigenvalue weighted by atomic mass is 16.3. The lowest BCUT2D eigenvalue weighted by molar-refractivity contribution is -0.116. The third kappa shape index (κ3) is 4.00. The Labute approximate surface area is 179 Å². The Hall–Kier alpha value is -3.71. The van der Waals surface area contributed by atoms with Crippen molar-refractivity contribution in [3.63, 3.8) is 0 Å². The predicted octanol–water partition coefficient (Wildman–Crippen LogP) is 3.42. The second-order valence-corrected chi connectivity index (χ2v) is 7.67. The van der Waals surface area contributed by atoms with E-state index < -0.39 is 0 Å². The largest absolute Gasteiger partial charge is 0.392 e. The first kappa shape index (κ1) is 20.6. The maximum atomic E-state index is 13.1. The molecule has 7 heteroatoms. The Morgan fingerprint density at radius 2 is 1.77 bits per heavy atom. The van der Waals surface area contributed by atoms with Crippen LogP contribution < -0.4 is 10.9 Å². The smallest absolute Gasteiger partial charge is 0.277 e. The molecule has 4 aromatic rings. The number of rotatable bonds is 6. The maximum Gasteiger partial charge on any atom is 0.277 e. The first-order valence-corrected chi connectivity index (χ1v) is 10.1. The quantitative estimate of drug-likeness (QED) is 0.504. The molecule has 2 heterocycles. The predicted molar refractivity (Wildman–Crippen MR) is 120 cm³/mol. The van der Waals surface area contributed by atoms with Crippen LogP contribution in [0.1, 0.15) is 30.9 Å². The summed E-state index contributed by atoms with van der Waals surface area (Å²) < 4.78 is 2.79. The number of hydrogen-bond donors (Lipinski definition) is 2. The van der Waals surface area contributed by atoms with Gasteiger partial charge in [0.2, 0.25) is 5.91 Å². The molecule has 0 aliphatic carbocycles. The number of nitrogens with zero attached hydrogens (tertiary/aromatic N) is 3. The van der Waals surface area contributed by atoms with Crippen molar-refractivity contribution in [2.75, 3.05) is 5.32 Å². The topological polar surface area (TPSA) is 88.6 Å². The minimum absolute atomic E-state index is 0.140. The molecule has 0 saturated heterocycles. The lowest BCUT2D eigenvalue weighted by atomic mass is 10.0. The molecular formula is C24H24N4O3. The molecule has 158 valence electrons. The van der Waals surface area contributed by atoms with E-state index in [-0.39, 0.29) is 36.1 Å². The number of carbonyl (C=O) groups excluding carboxylic acids is 1. The van der Waals surface area contributed by atoms with Crippen LogP contribution in [0.5, 0.6) is 0 Å². The normalized spacial score (nSPS) is 11.2. The molecular weight excluding hydrogens is 392 g/mol. The van der Waals surface area contributed by atoms with E-state index in [4.69, 9.17) is 0 Å². The van der Waals surface area contributed by atoms with Gasteiger partial charge in [-0.1, -0.05) is 62.4 Å². The average Bonchev–Trinajstić information content (AvgIpc) is 3.16. The van der Waals surface area contributed by atoms with Crippen LogP contribution in [0, 0.1) is 0 Å². The van der Waals surface area contributed by atoms with Crippen molar-refractivity contribution in [2.24, 2.45) is 0 Å². The van der Waals surface area contributed by atoms with Gasteiger partial charge in [-0.2, -0.15) is 5.10 Å².